The van der Waals surface area contributed by atoms with Crippen LogP contribution < -0.4 is 5.32 Å². The zero-order chi connectivity index (χ0) is 13.0. The molecule has 2 rings (SSSR count). The van der Waals surface area contributed by atoms with Crippen LogP contribution in [-0.2, 0) is 14.6 Å². The van der Waals surface area contributed by atoms with Crippen LogP contribution in [0.5, 0.6) is 0 Å². The second kappa shape index (κ2) is 6.25. The van der Waals surface area contributed by atoms with Gasteiger partial charge in [-0.15, -0.1) is 0 Å². The van der Waals surface area contributed by atoms with E-state index >= 15 is 0 Å². The normalized spacial score (nSPS) is 28.1. The molecule has 0 amide bonds. The second-order valence-electron chi connectivity index (χ2n) is 4.75. The molecule has 1 N–H and O–H groups in total. The van der Waals surface area contributed by atoms with Crippen molar-refractivity contribution in [3.8, 4) is 0 Å². The molecule has 1 atom stereocenters. The lowest BCUT2D eigenvalue weighted by Gasteiger charge is -2.23. The van der Waals surface area contributed by atoms with Crippen LogP contribution >= 0.6 is 11.8 Å². The van der Waals surface area contributed by atoms with E-state index in [1.165, 1.54) is 0 Å². The third-order valence-corrected chi connectivity index (χ3v) is 6.01. The molecule has 0 aromatic heterocycles. The number of hydrogen-bond donors (Lipinski definition) is 1. The Morgan fingerprint density at radius 3 is 2.83 bits per heavy atom. The van der Waals surface area contributed by atoms with Crippen molar-refractivity contribution in [1.29, 1.82) is 0 Å². The van der Waals surface area contributed by atoms with Gasteiger partial charge in [0.05, 0.1) is 17.5 Å². The van der Waals surface area contributed by atoms with E-state index in [0.717, 1.165) is 23.9 Å². The molecule has 1 fully saturated rings. The quantitative estimate of drug-likeness (QED) is 0.824. The topological polar surface area (TPSA) is 67.8 Å². The van der Waals surface area contributed by atoms with E-state index in [0.29, 0.717) is 30.4 Å². The number of aliphatic imine (C=N–C) groups is 1. The van der Waals surface area contributed by atoms with Crippen molar-refractivity contribution in [3.05, 3.63) is 0 Å². The molecule has 0 radical (unpaired) electrons. The molecule has 0 saturated carbocycles. The predicted octanol–water partition coefficient (Wildman–Crippen LogP) is 0.661. The Labute approximate surface area is 113 Å². The number of ether oxygens (including phenoxy) is 1. The molecule has 2 aliphatic rings. The Morgan fingerprint density at radius 1 is 1.44 bits per heavy atom. The van der Waals surface area contributed by atoms with Gasteiger partial charge in [-0.3, -0.25) is 4.99 Å². The zero-order valence-electron chi connectivity index (χ0n) is 10.6. The number of nitrogens with one attached hydrogen (secondary N) is 1. The summed E-state index contributed by atoms with van der Waals surface area (Å²) in [6, 6.07) is 0.603. The van der Waals surface area contributed by atoms with Crippen LogP contribution in [0.15, 0.2) is 4.99 Å². The molecule has 104 valence electrons. The van der Waals surface area contributed by atoms with Gasteiger partial charge in [0.25, 0.3) is 0 Å². The van der Waals surface area contributed by atoms with Crippen molar-refractivity contribution in [2.24, 2.45) is 4.99 Å². The fourth-order valence-electron chi connectivity index (χ4n) is 2.11. The van der Waals surface area contributed by atoms with Gasteiger partial charge in [-0.05, 0) is 19.3 Å². The van der Waals surface area contributed by atoms with Crippen LogP contribution in [0.2, 0.25) is 0 Å². The highest BCUT2D eigenvalue weighted by Gasteiger charge is 2.26. The first kappa shape index (κ1) is 14.1. The molecule has 2 heterocycles. The van der Waals surface area contributed by atoms with Crippen LogP contribution in [0.4, 0.5) is 0 Å². The van der Waals surface area contributed by atoms with E-state index in [1.807, 2.05) is 0 Å². The molecule has 2 aliphatic heterocycles. The molecule has 0 aliphatic carbocycles. The molecule has 1 saturated heterocycles. The minimum Gasteiger partial charge on any atom is -0.385 e. The highest BCUT2D eigenvalue weighted by molar-refractivity contribution is 8.14. The van der Waals surface area contributed by atoms with Gasteiger partial charge in [-0.1, -0.05) is 11.8 Å². The van der Waals surface area contributed by atoms with Crippen molar-refractivity contribution in [2.45, 2.75) is 31.3 Å². The highest BCUT2D eigenvalue weighted by Crippen LogP contribution is 2.21. The van der Waals surface area contributed by atoms with Gasteiger partial charge in [0.2, 0.25) is 0 Å². The maximum absolute atomic E-state index is 11.3. The molecule has 7 heteroatoms. The lowest BCUT2D eigenvalue weighted by Crippen LogP contribution is -2.39. The Hall–Kier alpha value is -0.270. The summed E-state index contributed by atoms with van der Waals surface area (Å²) in [5.41, 5.74) is 0. The largest absolute Gasteiger partial charge is 0.385 e. The molecule has 0 aromatic rings. The van der Waals surface area contributed by atoms with Crippen LogP contribution in [0.1, 0.15) is 19.3 Å². The molecule has 0 bridgehead atoms. The number of methoxy groups -OCH3 is 1. The van der Waals surface area contributed by atoms with E-state index in [4.69, 9.17) is 4.74 Å². The monoisotopic (exact) mass is 292 g/mol. The summed E-state index contributed by atoms with van der Waals surface area (Å²) in [6.45, 7) is 0.740. The van der Waals surface area contributed by atoms with Gasteiger partial charge in [0.15, 0.2) is 5.17 Å². The summed E-state index contributed by atoms with van der Waals surface area (Å²) in [5, 5.41) is 4.34. The van der Waals surface area contributed by atoms with Crippen molar-refractivity contribution in [3.63, 3.8) is 0 Å². The third-order valence-electron chi connectivity index (χ3n) is 3.25. The molecular weight excluding hydrogens is 272 g/mol. The summed E-state index contributed by atoms with van der Waals surface area (Å²) in [5.74, 6) is 1.60. The van der Waals surface area contributed by atoms with Gasteiger partial charge in [-0.25, -0.2) is 8.42 Å². The van der Waals surface area contributed by atoms with Gasteiger partial charge in [-0.2, -0.15) is 0 Å². The molecule has 5 nitrogen and oxygen atoms in total. The Morgan fingerprint density at radius 2 is 2.17 bits per heavy atom. The van der Waals surface area contributed by atoms with E-state index in [1.54, 1.807) is 18.9 Å². The Kier molecular flexibility index (Phi) is 4.91. The average molecular weight is 292 g/mol. The van der Waals surface area contributed by atoms with E-state index in [-0.39, 0.29) is 6.04 Å². The number of sulfone groups is 1. The standard InChI is InChI=1S/C11H20N2O3S2/c1-16-5-2-10-8-17-11(13-10)12-9-3-6-18(14,15)7-4-9/h9-10H,2-8H2,1H3,(H,12,13). The highest BCUT2D eigenvalue weighted by atomic mass is 32.2. The summed E-state index contributed by atoms with van der Waals surface area (Å²) in [4.78, 5) is 4.60. The van der Waals surface area contributed by atoms with Crippen molar-refractivity contribution in [2.75, 3.05) is 31.0 Å². The van der Waals surface area contributed by atoms with Crippen LogP contribution in [0.25, 0.3) is 0 Å². The second-order valence-corrected chi connectivity index (χ2v) is 8.06. The molecule has 0 aromatic carbocycles. The Bertz CT molecular complexity index is 395. The molecule has 1 unspecified atom stereocenters. The van der Waals surface area contributed by atoms with Crippen molar-refractivity contribution >= 4 is 26.8 Å². The maximum Gasteiger partial charge on any atom is 0.157 e. The lowest BCUT2D eigenvalue weighted by atomic mass is 10.2. The van der Waals surface area contributed by atoms with Crippen molar-refractivity contribution in [1.82, 2.24) is 5.32 Å². The van der Waals surface area contributed by atoms with Crippen LogP contribution in [0.3, 0.4) is 0 Å². The molecule has 0 spiro atoms. The van der Waals surface area contributed by atoms with E-state index in [9.17, 15) is 8.42 Å². The Balaban J connectivity index is 1.77. The van der Waals surface area contributed by atoms with E-state index < -0.39 is 9.84 Å². The van der Waals surface area contributed by atoms with E-state index in [2.05, 4.69) is 10.3 Å². The van der Waals surface area contributed by atoms with Crippen molar-refractivity contribution < 1.29 is 13.2 Å². The smallest absolute Gasteiger partial charge is 0.157 e. The summed E-state index contributed by atoms with van der Waals surface area (Å²) in [7, 11) is -1.07. The van der Waals surface area contributed by atoms with Gasteiger partial charge < -0.3 is 10.1 Å². The van der Waals surface area contributed by atoms with Crippen LogP contribution in [0, 0.1) is 0 Å². The molecular formula is C11H20N2O3S2. The number of thioether (sulfide) groups is 1. The summed E-state index contributed by atoms with van der Waals surface area (Å²) in [6.07, 6.45) is 2.35. The number of amidine groups is 1. The first-order chi connectivity index (χ1) is 8.59. The molecule has 18 heavy (non-hydrogen) atoms. The number of rotatable bonds is 4. The first-order valence-corrected chi connectivity index (χ1v) is 9.06. The first-order valence-electron chi connectivity index (χ1n) is 6.25. The summed E-state index contributed by atoms with van der Waals surface area (Å²) < 4.78 is 27.7. The van der Waals surface area contributed by atoms with Gasteiger partial charge >= 0.3 is 0 Å². The predicted molar refractivity (Wildman–Crippen MR) is 75.0 cm³/mol. The minimum atomic E-state index is -2.78. The maximum atomic E-state index is 11.3. The number of nitrogens with zero attached hydrogens (tertiary/aromatic N) is 1. The SMILES string of the molecule is COCCC1CSC(NC2CCS(=O)(=O)CC2)=N1. The zero-order valence-corrected chi connectivity index (χ0v) is 12.2. The van der Waals surface area contributed by atoms with Gasteiger partial charge in [0.1, 0.15) is 9.84 Å². The fourth-order valence-corrected chi connectivity index (χ4v) is 4.66. The number of hydrogen-bond acceptors (Lipinski definition) is 6. The minimum absolute atomic E-state index is 0.265. The lowest BCUT2D eigenvalue weighted by molar-refractivity contribution is 0.190. The fraction of sp³-hybridized carbons (Fsp3) is 0.909. The summed E-state index contributed by atoms with van der Waals surface area (Å²) >= 11 is 1.73. The average Bonchev–Trinajstić information content (AvgIpc) is 2.77. The third kappa shape index (κ3) is 4.13. The van der Waals surface area contributed by atoms with Gasteiger partial charge in [0, 0.05) is 25.5 Å². The van der Waals surface area contributed by atoms with Crippen LogP contribution in [-0.4, -0.2) is 56.6 Å².